The molecule has 0 atom stereocenters. The van der Waals surface area contributed by atoms with E-state index < -0.39 is 0 Å². The van der Waals surface area contributed by atoms with E-state index in [4.69, 9.17) is 15.2 Å². The van der Waals surface area contributed by atoms with Gasteiger partial charge in [-0.2, -0.15) is 5.10 Å². The van der Waals surface area contributed by atoms with E-state index in [1.807, 2.05) is 0 Å². The molecule has 0 saturated carbocycles. The number of benzene rings is 1. The molecule has 4 N–H and O–H groups in total. The molecule has 1 rings (SSSR count). The van der Waals surface area contributed by atoms with Crippen LogP contribution >= 0.6 is 12.2 Å². The number of hydrogen-bond acceptors (Lipinski definition) is 5. The molecule has 0 aromatic heterocycles. The number of phenolic OH excluding ortho intramolecular Hbond substituents is 1. The number of thiocarbonyl (C=S) groups is 1. The van der Waals surface area contributed by atoms with Gasteiger partial charge in [0, 0.05) is 5.56 Å². The van der Waals surface area contributed by atoms with Crippen LogP contribution in [-0.2, 0) is 0 Å². The highest BCUT2D eigenvalue weighted by Gasteiger charge is 2.09. The Kier molecular flexibility index (Phi) is 4.53. The van der Waals surface area contributed by atoms with Crippen molar-refractivity contribution in [1.82, 2.24) is 5.43 Å². The van der Waals surface area contributed by atoms with Crippen LogP contribution in [0.3, 0.4) is 0 Å². The van der Waals surface area contributed by atoms with Crippen LogP contribution in [-0.4, -0.2) is 30.7 Å². The summed E-state index contributed by atoms with van der Waals surface area (Å²) in [5.41, 5.74) is 8.30. The molecule has 17 heavy (non-hydrogen) atoms. The fourth-order valence-electron chi connectivity index (χ4n) is 1.16. The van der Waals surface area contributed by atoms with Gasteiger partial charge in [-0.15, -0.1) is 0 Å². The minimum atomic E-state index is -0.0607. The second-order valence-electron chi connectivity index (χ2n) is 3.01. The molecule has 6 nitrogen and oxygen atoms in total. The Bertz CT molecular complexity index is 423. The van der Waals surface area contributed by atoms with E-state index in [-0.39, 0.29) is 10.9 Å². The molecular formula is C10H13N3O3S. The average Bonchev–Trinajstić information content (AvgIpc) is 2.30. The van der Waals surface area contributed by atoms with Crippen molar-refractivity contribution in [2.24, 2.45) is 10.8 Å². The summed E-state index contributed by atoms with van der Waals surface area (Å²) in [6, 6.07) is 3.20. The maximum Gasteiger partial charge on any atom is 0.200 e. The Balaban J connectivity index is 3.00. The molecule has 7 heteroatoms. The normalized spacial score (nSPS) is 10.2. The van der Waals surface area contributed by atoms with Crippen LogP contribution in [0.1, 0.15) is 5.56 Å². The van der Waals surface area contributed by atoms with Gasteiger partial charge in [-0.1, -0.05) is 0 Å². The number of nitrogens with one attached hydrogen (secondary N) is 1. The second-order valence-corrected chi connectivity index (χ2v) is 3.45. The largest absolute Gasteiger partial charge is 0.502 e. The van der Waals surface area contributed by atoms with Crippen LogP contribution in [0, 0.1) is 0 Å². The van der Waals surface area contributed by atoms with E-state index >= 15 is 0 Å². The number of rotatable bonds is 4. The lowest BCUT2D eigenvalue weighted by Crippen LogP contribution is -2.23. The summed E-state index contributed by atoms with van der Waals surface area (Å²) in [7, 11) is 2.89. The van der Waals surface area contributed by atoms with E-state index in [0.29, 0.717) is 17.1 Å². The number of methoxy groups -OCH3 is 2. The highest BCUT2D eigenvalue weighted by atomic mass is 32.1. The van der Waals surface area contributed by atoms with Gasteiger partial charge in [0.25, 0.3) is 0 Å². The molecule has 0 unspecified atom stereocenters. The van der Waals surface area contributed by atoms with Gasteiger partial charge in [-0.25, -0.2) is 0 Å². The molecule has 0 bridgehead atoms. The fourth-order valence-corrected chi connectivity index (χ4v) is 1.21. The van der Waals surface area contributed by atoms with Crippen molar-refractivity contribution in [1.29, 1.82) is 0 Å². The summed E-state index contributed by atoms with van der Waals surface area (Å²) < 4.78 is 9.99. The Labute approximate surface area is 104 Å². The van der Waals surface area contributed by atoms with Crippen molar-refractivity contribution < 1.29 is 14.6 Å². The highest BCUT2D eigenvalue weighted by molar-refractivity contribution is 7.80. The number of ether oxygens (including phenoxy) is 2. The van der Waals surface area contributed by atoms with Crippen molar-refractivity contribution >= 4 is 23.5 Å². The van der Waals surface area contributed by atoms with Gasteiger partial charge in [0.1, 0.15) is 0 Å². The molecule has 1 aromatic rings. The SMILES string of the molecule is COc1cc(C=NNC(N)=S)cc(OC)c1O. The number of nitrogens with two attached hydrogens (primary N) is 1. The third-order valence-electron chi connectivity index (χ3n) is 1.89. The van der Waals surface area contributed by atoms with E-state index in [1.165, 1.54) is 20.4 Å². The standard InChI is InChI=1S/C10H13N3O3S/c1-15-7-3-6(5-12-13-10(11)17)4-8(16-2)9(7)14/h3-5,14H,1-2H3,(H3,11,13,17). The van der Waals surface area contributed by atoms with E-state index in [9.17, 15) is 5.11 Å². The Morgan fingerprint density at radius 1 is 1.41 bits per heavy atom. The van der Waals surface area contributed by atoms with Crippen molar-refractivity contribution in [2.45, 2.75) is 0 Å². The summed E-state index contributed by atoms with van der Waals surface area (Å²) in [6.45, 7) is 0. The summed E-state index contributed by atoms with van der Waals surface area (Å²) in [6.07, 6.45) is 1.48. The smallest absolute Gasteiger partial charge is 0.200 e. The zero-order valence-corrected chi connectivity index (χ0v) is 10.2. The van der Waals surface area contributed by atoms with Crippen molar-refractivity contribution in [3.05, 3.63) is 17.7 Å². The minimum absolute atomic E-state index is 0.0607. The molecule has 0 fully saturated rings. The number of aromatic hydroxyl groups is 1. The third-order valence-corrected chi connectivity index (χ3v) is 1.98. The Hall–Kier alpha value is -2.02. The van der Waals surface area contributed by atoms with Crippen LogP contribution in [0.2, 0.25) is 0 Å². The maximum absolute atomic E-state index is 9.68. The van der Waals surface area contributed by atoms with Crippen molar-refractivity contribution in [2.75, 3.05) is 14.2 Å². The van der Waals surface area contributed by atoms with Gasteiger partial charge in [-0.05, 0) is 24.4 Å². The van der Waals surface area contributed by atoms with Crippen molar-refractivity contribution in [3.63, 3.8) is 0 Å². The van der Waals surface area contributed by atoms with Gasteiger partial charge >= 0.3 is 0 Å². The molecular weight excluding hydrogens is 242 g/mol. The molecule has 0 aliphatic carbocycles. The first-order valence-electron chi connectivity index (χ1n) is 4.62. The van der Waals surface area contributed by atoms with Crippen LogP contribution < -0.4 is 20.6 Å². The molecule has 0 aliphatic rings. The molecule has 92 valence electrons. The number of hydrogen-bond donors (Lipinski definition) is 3. The molecule has 0 aliphatic heterocycles. The van der Waals surface area contributed by atoms with E-state index in [0.717, 1.165) is 0 Å². The second kappa shape index (κ2) is 5.90. The fraction of sp³-hybridized carbons (Fsp3) is 0.200. The number of phenols is 1. The van der Waals surface area contributed by atoms with Crippen LogP contribution in [0.25, 0.3) is 0 Å². The molecule has 0 amide bonds. The van der Waals surface area contributed by atoms with Gasteiger partial charge in [0.2, 0.25) is 5.75 Å². The predicted molar refractivity (Wildman–Crippen MR) is 68.7 cm³/mol. The van der Waals surface area contributed by atoms with E-state index in [2.05, 4.69) is 22.7 Å². The minimum Gasteiger partial charge on any atom is -0.502 e. The first-order valence-corrected chi connectivity index (χ1v) is 5.02. The van der Waals surface area contributed by atoms with Crippen molar-refractivity contribution in [3.8, 4) is 17.2 Å². The molecule has 0 radical (unpaired) electrons. The van der Waals surface area contributed by atoms with Gasteiger partial charge in [0.15, 0.2) is 16.6 Å². The predicted octanol–water partition coefficient (Wildman–Crippen LogP) is 0.577. The summed E-state index contributed by atoms with van der Waals surface area (Å²) >= 11 is 4.59. The summed E-state index contributed by atoms with van der Waals surface area (Å²) in [4.78, 5) is 0. The topological polar surface area (TPSA) is 89.1 Å². The molecule has 0 heterocycles. The first-order chi connectivity index (χ1) is 8.08. The molecule has 1 aromatic carbocycles. The lowest BCUT2D eigenvalue weighted by molar-refractivity contribution is 0.340. The maximum atomic E-state index is 9.68. The number of nitrogens with zero attached hydrogens (tertiary/aromatic N) is 1. The lowest BCUT2D eigenvalue weighted by Gasteiger charge is -2.09. The third kappa shape index (κ3) is 3.49. The number of hydrazone groups is 1. The zero-order valence-electron chi connectivity index (χ0n) is 9.43. The molecule has 0 saturated heterocycles. The summed E-state index contributed by atoms with van der Waals surface area (Å²) in [5, 5.41) is 13.5. The quantitative estimate of drug-likeness (QED) is 0.414. The van der Waals surface area contributed by atoms with Gasteiger partial charge in [0.05, 0.1) is 20.4 Å². The van der Waals surface area contributed by atoms with E-state index in [1.54, 1.807) is 12.1 Å². The van der Waals surface area contributed by atoms with Gasteiger partial charge < -0.3 is 20.3 Å². The zero-order chi connectivity index (χ0) is 12.8. The average molecular weight is 255 g/mol. The van der Waals surface area contributed by atoms with Gasteiger partial charge in [-0.3, -0.25) is 5.43 Å². The molecule has 0 spiro atoms. The lowest BCUT2D eigenvalue weighted by atomic mass is 10.2. The Morgan fingerprint density at radius 2 is 1.94 bits per heavy atom. The Morgan fingerprint density at radius 3 is 2.35 bits per heavy atom. The summed E-state index contributed by atoms with van der Waals surface area (Å²) in [5.74, 6) is 0.525. The monoisotopic (exact) mass is 255 g/mol. The van der Waals surface area contributed by atoms with Crippen LogP contribution in [0.15, 0.2) is 17.2 Å². The highest BCUT2D eigenvalue weighted by Crippen LogP contribution is 2.36. The van der Waals surface area contributed by atoms with Crippen LogP contribution in [0.4, 0.5) is 0 Å². The first kappa shape index (κ1) is 13.0. The van der Waals surface area contributed by atoms with Crippen LogP contribution in [0.5, 0.6) is 17.2 Å².